The Kier molecular flexibility index (Phi) is 1.44. The van der Waals surface area contributed by atoms with E-state index in [1.807, 2.05) is 7.05 Å². The number of fused-ring (bicyclic) bond motifs is 1. The molecule has 0 saturated heterocycles. The predicted octanol–water partition coefficient (Wildman–Crippen LogP) is 1.20. The van der Waals surface area contributed by atoms with Gasteiger partial charge in [-0.05, 0) is 6.07 Å². The summed E-state index contributed by atoms with van der Waals surface area (Å²) in [6.07, 6.45) is 1.70. The molecule has 2 N–H and O–H groups in total. The van der Waals surface area contributed by atoms with Gasteiger partial charge in [-0.2, -0.15) is 5.10 Å². The lowest BCUT2D eigenvalue weighted by Crippen LogP contribution is -1.96. The van der Waals surface area contributed by atoms with Gasteiger partial charge in [-0.1, -0.05) is 11.6 Å². The molecule has 0 aliphatic rings. The van der Waals surface area contributed by atoms with Gasteiger partial charge in [0.2, 0.25) is 0 Å². The average molecular weight is 183 g/mol. The number of nitrogens with zero attached hydrogens (tertiary/aromatic N) is 3. The Morgan fingerprint density at radius 1 is 1.58 bits per heavy atom. The second kappa shape index (κ2) is 2.35. The summed E-state index contributed by atoms with van der Waals surface area (Å²) in [7, 11) is 1.81. The van der Waals surface area contributed by atoms with Crippen LogP contribution in [0.1, 0.15) is 0 Å². The van der Waals surface area contributed by atoms with E-state index in [2.05, 4.69) is 10.1 Å². The summed E-state index contributed by atoms with van der Waals surface area (Å²) in [4.78, 5) is 4.08. The third-order valence-electron chi connectivity index (χ3n) is 1.69. The Morgan fingerprint density at radius 2 is 2.33 bits per heavy atom. The van der Waals surface area contributed by atoms with Gasteiger partial charge in [0.25, 0.3) is 0 Å². The van der Waals surface area contributed by atoms with E-state index in [-0.39, 0.29) is 0 Å². The zero-order chi connectivity index (χ0) is 8.72. The first-order chi connectivity index (χ1) is 5.68. The van der Waals surface area contributed by atoms with Crippen molar-refractivity contribution in [3.8, 4) is 0 Å². The van der Waals surface area contributed by atoms with Crippen molar-refractivity contribution in [1.29, 1.82) is 0 Å². The fourth-order valence-corrected chi connectivity index (χ4v) is 1.22. The van der Waals surface area contributed by atoms with Gasteiger partial charge in [-0.25, -0.2) is 4.98 Å². The molecule has 0 atom stereocenters. The molecular weight excluding hydrogens is 176 g/mol. The van der Waals surface area contributed by atoms with Crippen LogP contribution in [0.15, 0.2) is 12.3 Å². The molecule has 0 radical (unpaired) electrons. The second-order valence-corrected chi connectivity index (χ2v) is 2.94. The molecule has 12 heavy (non-hydrogen) atoms. The zero-order valence-corrected chi connectivity index (χ0v) is 7.21. The molecule has 0 aromatic carbocycles. The van der Waals surface area contributed by atoms with Crippen LogP contribution in [0.25, 0.3) is 11.0 Å². The van der Waals surface area contributed by atoms with Crippen LogP contribution in [-0.4, -0.2) is 14.8 Å². The number of halogens is 1. The zero-order valence-electron chi connectivity index (χ0n) is 6.45. The van der Waals surface area contributed by atoms with Gasteiger partial charge in [0.05, 0.1) is 11.2 Å². The fourth-order valence-electron chi connectivity index (χ4n) is 1.06. The van der Waals surface area contributed by atoms with Gasteiger partial charge in [0.1, 0.15) is 5.82 Å². The Morgan fingerprint density at radius 3 is 3.08 bits per heavy atom. The van der Waals surface area contributed by atoms with Crippen LogP contribution in [0.5, 0.6) is 0 Å². The lowest BCUT2D eigenvalue weighted by molar-refractivity contribution is 0.787. The first-order valence-electron chi connectivity index (χ1n) is 3.42. The molecule has 0 aliphatic heterocycles. The SMILES string of the molecule is Cn1ncc2cc(Cl)c(N)nc21. The molecule has 0 fully saturated rings. The molecule has 5 heteroatoms. The van der Waals surface area contributed by atoms with Gasteiger partial charge in [0.15, 0.2) is 5.65 Å². The maximum Gasteiger partial charge on any atom is 0.159 e. The second-order valence-electron chi connectivity index (χ2n) is 2.54. The van der Waals surface area contributed by atoms with Crippen LogP contribution in [0, 0.1) is 0 Å². The smallest absolute Gasteiger partial charge is 0.159 e. The quantitative estimate of drug-likeness (QED) is 0.666. The van der Waals surface area contributed by atoms with Crippen LogP contribution < -0.4 is 5.73 Å². The van der Waals surface area contributed by atoms with E-state index in [0.717, 1.165) is 11.0 Å². The van der Waals surface area contributed by atoms with Gasteiger partial charge in [0, 0.05) is 12.4 Å². The Hall–Kier alpha value is -1.29. The third-order valence-corrected chi connectivity index (χ3v) is 1.99. The average Bonchev–Trinajstić information content (AvgIpc) is 2.35. The number of rotatable bonds is 0. The molecule has 0 unspecified atom stereocenters. The van der Waals surface area contributed by atoms with E-state index in [0.29, 0.717) is 10.8 Å². The molecule has 0 saturated carbocycles. The van der Waals surface area contributed by atoms with Crippen LogP contribution in [-0.2, 0) is 7.05 Å². The van der Waals surface area contributed by atoms with Crippen LogP contribution >= 0.6 is 11.6 Å². The maximum absolute atomic E-state index is 5.77. The summed E-state index contributed by atoms with van der Waals surface area (Å²) in [5.41, 5.74) is 6.28. The van der Waals surface area contributed by atoms with Gasteiger partial charge >= 0.3 is 0 Å². The standard InChI is InChI=1S/C7H7ClN4/c1-12-7-4(3-10-12)2-5(8)6(9)11-7/h2-3H,1H3,(H2,9,11). The summed E-state index contributed by atoms with van der Waals surface area (Å²) in [6, 6.07) is 1.76. The number of pyridine rings is 1. The largest absolute Gasteiger partial charge is 0.382 e. The predicted molar refractivity (Wildman–Crippen MR) is 47.9 cm³/mol. The number of hydrogen-bond donors (Lipinski definition) is 1. The lowest BCUT2D eigenvalue weighted by Gasteiger charge is -1.97. The first-order valence-corrected chi connectivity index (χ1v) is 3.80. The number of hydrogen-bond acceptors (Lipinski definition) is 3. The van der Waals surface area contributed by atoms with Crippen molar-refractivity contribution in [1.82, 2.24) is 14.8 Å². The van der Waals surface area contributed by atoms with Crippen LogP contribution in [0.2, 0.25) is 5.02 Å². The summed E-state index contributed by atoms with van der Waals surface area (Å²) in [5.74, 6) is 0.341. The van der Waals surface area contributed by atoms with Crippen molar-refractivity contribution >= 4 is 28.5 Å². The van der Waals surface area contributed by atoms with Gasteiger partial charge in [-0.3, -0.25) is 4.68 Å². The number of anilines is 1. The summed E-state index contributed by atoms with van der Waals surface area (Å²) in [6.45, 7) is 0. The highest BCUT2D eigenvalue weighted by molar-refractivity contribution is 6.33. The molecule has 2 aromatic heterocycles. The molecule has 0 spiro atoms. The Balaban J connectivity index is 2.87. The molecule has 0 bridgehead atoms. The van der Waals surface area contributed by atoms with Gasteiger partial charge < -0.3 is 5.73 Å². The lowest BCUT2D eigenvalue weighted by atomic mass is 10.3. The van der Waals surface area contributed by atoms with E-state index >= 15 is 0 Å². The number of aromatic nitrogens is 3. The molecule has 4 nitrogen and oxygen atoms in total. The van der Waals surface area contributed by atoms with Crippen molar-refractivity contribution in [2.45, 2.75) is 0 Å². The number of aryl methyl sites for hydroxylation is 1. The van der Waals surface area contributed by atoms with Crippen molar-refractivity contribution in [3.63, 3.8) is 0 Å². The van der Waals surface area contributed by atoms with E-state index in [9.17, 15) is 0 Å². The van der Waals surface area contributed by atoms with Crippen molar-refractivity contribution in [2.24, 2.45) is 7.05 Å². The number of nitrogen functional groups attached to an aromatic ring is 1. The van der Waals surface area contributed by atoms with E-state index in [4.69, 9.17) is 17.3 Å². The molecular formula is C7H7ClN4. The number of nitrogens with two attached hydrogens (primary N) is 1. The molecule has 2 aromatic rings. The van der Waals surface area contributed by atoms with Crippen LogP contribution in [0.4, 0.5) is 5.82 Å². The van der Waals surface area contributed by atoms with E-state index < -0.39 is 0 Å². The highest BCUT2D eigenvalue weighted by atomic mass is 35.5. The Bertz CT molecular complexity index is 434. The topological polar surface area (TPSA) is 56.7 Å². The molecule has 0 amide bonds. The minimum Gasteiger partial charge on any atom is -0.382 e. The minimum absolute atomic E-state index is 0.341. The fraction of sp³-hybridized carbons (Fsp3) is 0.143. The van der Waals surface area contributed by atoms with Crippen LogP contribution in [0.3, 0.4) is 0 Å². The summed E-state index contributed by atoms with van der Waals surface area (Å²) < 4.78 is 1.65. The molecule has 2 rings (SSSR count). The minimum atomic E-state index is 0.341. The Labute approximate surface area is 73.9 Å². The monoisotopic (exact) mass is 182 g/mol. The highest BCUT2D eigenvalue weighted by Crippen LogP contribution is 2.21. The van der Waals surface area contributed by atoms with E-state index in [1.165, 1.54) is 0 Å². The first kappa shape index (κ1) is 7.36. The summed E-state index contributed by atoms with van der Waals surface area (Å²) >= 11 is 5.77. The summed E-state index contributed by atoms with van der Waals surface area (Å²) in [5, 5.41) is 5.39. The normalized spacial score (nSPS) is 10.8. The molecule has 62 valence electrons. The van der Waals surface area contributed by atoms with Gasteiger partial charge in [-0.15, -0.1) is 0 Å². The van der Waals surface area contributed by atoms with Crippen molar-refractivity contribution < 1.29 is 0 Å². The highest BCUT2D eigenvalue weighted by Gasteiger charge is 2.04. The van der Waals surface area contributed by atoms with Crippen molar-refractivity contribution in [3.05, 3.63) is 17.3 Å². The maximum atomic E-state index is 5.77. The van der Waals surface area contributed by atoms with E-state index in [1.54, 1.807) is 16.9 Å². The third kappa shape index (κ3) is 0.921. The van der Waals surface area contributed by atoms with Crippen molar-refractivity contribution in [2.75, 3.05) is 5.73 Å². The molecule has 0 aliphatic carbocycles. The molecule has 2 heterocycles.